The van der Waals surface area contributed by atoms with Crippen molar-refractivity contribution < 1.29 is 9.59 Å². The van der Waals surface area contributed by atoms with Crippen LogP contribution < -0.4 is 11.1 Å². The van der Waals surface area contributed by atoms with E-state index in [4.69, 9.17) is 5.73 Å². The predicted octanol–water partition coefficient (Wildman–Crippen LogP) is 2.39. The molecular weight excluding hydrogens is 366 g/mol. The fourth-order valence-corrected chi connectivity index (χ4v) is 5.01. The molecule has 7 heteroatoms. The molecule has 2 amide bonds. The minimum absolute atomic E-state index is 0.0870. The number of nitrogens with one attached hydrogen (secondary N) is 1. The Labute approximate surface area is 169 Å². The van der Waals surface area contributed by atoms with Crippen LogP contribution in [-0.2, 0) is 6.42 Å². The van der Waals surface area contributed by atoms with Gasteiger partial charge in [-0.3, -0.25) is 19.6 Å². The summed E-state index contributed by atoms with van der Waals surface area (Å²) in [6.45, 7) is 0. The molecule has 0 radical (unpaired) electrons. The molecule has 2 saturated heterocycles. The molecule has 0 spiro atoms. The van der Waals surface area contributed by atoms with Gasteiger partial charge in [-0.05, 0) is 37.8 Å². The quantitative estimate of drug-likeness (QED) is 0.836. The van der Waals surface area contributed by atoms with E-state index in [1.54, 1.807) is 30.7 Å². The van der Waals surface area contributed by atoms with Gasteiger partial charge in [-0.2, -0.15) is 0 Å². The zero-order chi connectivity index (χ0) is 20.0. The van der Waals surface area contributed by atoms with Gasteiger partial charge in [0.1, 0.15) is 0 Å². The Morgan fingerprint density at radius 3 is 2.55 bits per heavy atom. The highest BCUT2D eigenvalue weighted by atomic mass is 16.2. The molecular formula is C22H23N5O2. The van der Waals surface area contributed by atoms with Crippen molar-refractivity contribution in [2.24, 2.45) is 5.73 Å². The second-order valence-corrected chi connectivity index (χ2v) is 8.02. The van der Waals surface area contributed by atoms with Crippen LogP contribution in [0.4, 0.5) is 5.69 Å². The Morgan fingerprint density at radius 1 is 1.14 bits per heavy atom. The van der Waals surface area contributed by atoms with Gasteiger partial charge in [0.05, 0.1) is 16.9 Å². The Bertz CT molecular complexity index is 990. The zero-order valence-electron chi connectivity index (χ0n) is 16.0. The highest BCUT2D eigenvalue weighted by Crippen LogP contribution is 2.39. The van der Waals surface area contributed by atoms with Crippen LogP contribution in [0.25, 0.3) is 6.08 Å². The van der Waals surface area contributed by atoms with Crippen molar-refractivity contribution in [2.45, 2.75) is 50.2 Å². The summed E-state index contributed by atoms with van der Waals surface area (Å²) < 4.78 is 0. The van der Waals surface area contributed by atoms with E-state index in [2.05, 4.69) is 20.2 Å². The average Bonchev–Trinajstić information content (AvgIpc) is 3.31. The number of carbonyl (C=O) groups is 2. The van der Waals surface area contributed by atoms with Crippen molar-refractivity contribution in [3.63, 3.8) is 0 Å². The van der Waals surface area contributed by atoms with Crippen molar-refractivity contribution in [2.75, 3.05) is 5.32 Å². The number of amides is 2. The minimum Gasteiger partial charge on any atom is -0.381 e. The molecule has 148 valence electrons. The molecule has 2 aromatic rings. The number of aromatic nitrogens is 2. The molecule has 3 N–H and O–H groups in total. The third kappa shape index (κ3) is 3.06. The van der Waals surface area contributed by atoms with Crippen LogP contribution in [0, 0.1) is 0 Å². The molecule has 0 saturated carbocycles. The molecule has 2 fully saturated rings. The summed E-state index contributed by atoms with van der Waals surface area (Å²) in [6, 6.07) is 4.15. The summed E-state index contributed by atoms with van der Waals surface area (Å²) in [7, 11) is 0. The number of carbonyl (C=O) groups excluding carboxylic acids is 2. The first kappa shape index (κ1) is 17.8. The Morgan fingerprint density at radius 2 is 1.86 bits per heavy atom. The normalized spacial score (nSPS) is 24.4. The van der Waals surface area contributed by atoms with E-state index >= 15 is 0 Å². The molecule has 29 heavy (non-hydrogen) atoms. The number of allylic oxidation sites excluding steroid dienone is 1. The van der Waals surface area contributed by atoms with E-state index < -0.39 is 5.91 Å². The average molecular weight is 389 g/mol. The van der Waals surface area contributed by atoms with E-state index in [0.29, 0.717) is 11.1 Å². The summed E-state index contributed by atoms with van der Waals surface area (Å²) in [6.07, 6.45) is 13.5. The first-order valence-electron chi connectivity index (χ1n) is 10.1. The summed E-state index contributed by atoms with van der Waals surface area (Å²) in [5.74, 6) is -0.389. The van der Waals surface area contributed by atoms with Gasteiger partial charge in [0, 0.05) is 54.3 Å². The SMILES string of the molecule is NC(=O)c1cnc2c(c1NC1C[C@@H]3CC[C@@H](C1)N3C(=O)c1ccncc1)C=CC2. The number of fused-ring (bicyclic) bond motifs is 3. The fourth-order valence-electron chi connectivity index (χ4n) is 5.01. The molecule has 0 aromatic carbocycles. The van der Waals surface area contributed by atoms with Crippen LogP contribution in [0.5, 0.6) is 0 Å². The van der Waals surface area contributed by atoms with Crippen molar-refractivity contribution in [1.29, 1.82) is 0 Å². The first-order valence-corrected chi connectivity index (χ1v) is 10.1. The van der Waals surface area contributed by atoms with Gasteiger partial charge in [0.25, 0.3) is 11.8 Å². The topological polar surface area (TPSA) is 101 Å². The van der Waals surface area contributed by atoms with Gasteiger partial charge < -0.3 is 16.0 Å². The van der Waals surface area contributed by atoms with E-state index in [-0.39, 0.29) is 24.0 Å². The molecule has 1 aliphatic carbocycles. The van der Waals surface area contributed by atoms with E-state index in [0.717, 1.165) is 49.0 Å². The van der Waals surface area contributed by atoms with Crippen LogP contribution in [0.3, 0.4) is 0 Å². The van der Waals surface area contributed by atoms with Crippen molar-refractivity contribution >= 4 is 23.6 Å². The molecule has 7 nitrogen and oxygen atoms in total. The standard InChI is InChI=1S/C22H23N5O2/c23-21(28)18-12-25-19-3-1-2-17(19)20(18)26-14-10-15-4-5-16(11-14)27(15)22(29)13-6-8-24-9-7-13/h1-2,6-9,12,14-16H,3-5,10-11H2,(H2,23,28)(H,25,26)/t15-,16-/m0/s1. The van der Waals surface area contributed by atoms with Gasteiger partial charge in [-0.25, -0.2) is 0 Å². The number of nitrogens with zero attached hydrogens (tertiary/aromatic N) is 3. The monoisotopic (exact) mass is 389 g/mol. The van der Waals surface area contributed by atoms with Gasteiger partial charge >= 0.3 is 0 Å². The summed E-state index contributed by atoms with van der Waals surface area (Å²) in [5.41, 5.74) is 9.44. The fraction of sp³-hybridized carbons (Fsp3) is 0.364. The van der Waals surface area contributed by atoms with Gasteiger partial charge in [0.15, 0.2) is 0 Å². The lowest BCUT2D eigenvalue weighted by Gasteiger charge is -2.40. The number of piperidine rings is 1. The summed E-state index contributed by atoms with van der Waals surface area (Å²) in [5, 5.41) is 3.59. The maximum Gasteiger partial charge on any atom is 0.254 e. The lowest BCUT2D eigenvalue weighted by Crippen LogP contribution is -2.49. The largest absolute Gasteiger partial charge is 0.381 e. The number of hydrogen-bond acceptors (Lipinski definition) is 5. The van der Waals surface area contributed by atoms with Crippen molar-refractivity contribution in [3.8, 4) is 0 Å². The maximum atomic E-state index is 13.0. The molecule has 4 heterocycles. The van der Waals surface area contributed by atoms with E-state index in [1.165, 1.54) is 0 Å². The van der Waals surface area contributed by atoms with Crippen LogP contribution in [0.15, 0.2) is 36.8 Å². The van der Waals surface area contributed by atoms with Crippen molar-refractivity contribution in [1.82, 2.24) is 14.9 Å². The summed E-state index contributed by atoms with van der Waals surface area (Å²) in [4.78, 5) is 35.4. The Balaban J connectivity index is 1.38. The van der Waals surface area contributed by atoms with Crippen LogP contribution >= 0.6 is 0 Å². The number of nitrogens with two attached hydrogens (primary N) is 1. The molecule has 2 aromatic heterocycles. The Kier molecular flexibility index (Phi) is 4.30. The number of pyridine rings is 2. The molecule has 2 bridgehead atoms. The third-order valence-corrected chi connectivity index (χ3v) is 6.30. The molecule has 5 rings (SSSR count). The number of primary amides is 1. The highest BCUT2D eigenvalue weighted by molar-refractivity contribution is 6.00. The molecule has 3 aliphatic rings. The lowest BCUT2D eigenvalue weighted by atomic mass is 9.95. The van der Waals surface area contributed by atoms with Crippen LogP contribution in [-0.4, -0.2) is 44.8 Å². The zero-order valence-corrected chi connectivity index (χ0v) is 16.0. The maximum absolute atomic E-state index is 13.0. The van der Waals surface area contributed by atoms with E-state index in [1.807, 2.05) is 12.2 Å². The second kappa shape index (κ2) is 6.99. The third-order valence-electron chi connectivity index (χ3n) is 6.30. The predicted molar refractivity (Wildman–Crippen MR) is 109 cm³/mol. The second-order valence-electron chi connectivity index (χ2n) is 8.02. The first-order chi connectivity index (χ1) is 14.1. The number of hydrogen-bond donors (Lipinski definition) is 2. The number of anilines is 1. The van der Waals surface area contributed by atoms with Crippen LogP contribution in [0.1, 0.15) is 57.7 Å². The van der Waals surface area contributed by atoms with Crippen LogP contribution in [0.2, 0.25) is 0 Å². The molecule has 2 aliphatic heterocycles. The highest BCUT2D eigenvalue weighted by Gasteiger charge is 2.43. The number of rotatable bonds is 4. The van der Waals surface area contributed by atoms with Gasteiger partial charge in [-0.1, -0.05) is 12.2 Å². The van der Waals surface area contributed by atoms with Crippen molar-refractivity contribution in [3.05, 3.63) is 59.2 Å². The van der Waals surface area contributed by atoms with Gasteiger partial charge in [-0.15, -0.1) is 0 Å². The van der Waals surface area contributed by atoms with Gasteiger partial charge in [0.2, 0.25) is 0 Å². The molecule has 0 unspecified atom stereocenters. The smallest absolute Gasteiger partial charge is 0.254 e. The minimum atomic E-state index is -0.476. The molecule has 2 atom stereocenters. The van der Waals surface area contributed by atoms with E-state index in [9.17, 15) is 9.59 Å². The lowest BCUT2D eigenvalue weighted by molar-refractivity contribution is 0.0583. The Hall–Kier alpha value is -3.22. The summed E-state index contributed by atoms with van der Waals surface area (Å²) >= 11 is 0.